The quantitative estimate of drug-likeness (QED) is 0.391. The van der Waals surface area contributed by atoms with E-state index in [1.165, 1.54) is 0 Å². The highest BCUT2D eigenvalue weighted by Gasteiger charge is 2.31. The number of aromatic nitrogens is 2. The lowest BCUT2D eigenvalue weighted by Gasteiger charge is -2.28. The molecule has 9 heteroatoms. The average molecular weight is 495 g/mol. The lowest BCUT2D eigenvalue weighted by Crippen LogP contribution is -2.35. The van der Waals surface area contributed by atoms with E-state index in [0.29, 0.717) is 36.3 Å². The monoisotopic (exact) mass is 495 g/mol. The first kappa shape index (κ1) is 23.7. The maximum Gasteiger partial charge on any atom is 0.416 e. The Labute approximate surface area is 203 Å². The van der Waals surface area contributed by atoms with Gasteiger partial charge in [-0.05, 0) is 47.0 Å². The van der Waals surface area contributed by atoms with Crippen LogP contribution in [0, 0.1) is 5.82 Å². The molecule has 36 heavy (non-hydrogen) atoms. The van der Waals surface area contributed by atoms with Gasteiger partial charge in [-0.15, -0.1) is 0 Å². The topological polar surface area (TPSA) is 64.0 Å². The molecule has 1 aromatic heterocycles. The summed E-state index contributed by atoms with van der Waals surface area (Å²) in [6, 6.07) is 16.8. The van der Waals surface area contributed by atoms with E-state index in [-0.39, 0.29) is 23.6 Å². The smallest absolute Gasteiger partial charge is 0.370 e. The number of carbonyl (C=O) groups excluding carboxylic acids is 1. The Balaban J connectivity index is 1.28. The highest BCUT2D eigenvalue weighted by Crippen LogP contribution is 2.31. The zero-order valence-electron chi connectivity index (χ0n) is 19.0. The Kier molecular flexibility index (Phi) is 6.07. The van der Waals surface area contributed by atoms with Crippen LogP contribution in [0.25, 0.3) is 10.9 Å². The van der Waals surface area contributed by atoms with Crippen LogP contribution in [0.2, 0.25) is 0 Å². The number of nitrogens with one attached hydrogen (secondary N) is 1. The highest BCUT2D eigenvalue weighted by atomic mass is 19.4. The lowest BCUT2D eigenvalue weighted by molar-refractivity contribution is -0.137. The molecule has 0 spiro atoms. The first-order valence-electron chi connectivity index (χ1n) is 11.4. The van der Waals surface area contributed by atoms with Crippen molar-refractivity contribution in [3.8, 4) is 0 Å². The second-order valence-electron chi connectivity index (χ2n) is 8.89. The molecule has 4 aromatic rings. The molecule has 0 saturated carbocycles. The average Bonchev–Trinajstić information content (AvgIpc) is 2.85. The Bertz CT molecular complexity index is 1510. The van der Waals surface area contributed by atoms with Crippen LogP contribution < -0.4 is 11.0 Å². The molecule has 1 unspecified atom stereocenters. The Morgan fingerprint density at radius 1 is 1.03 bits per heavy atom. The summed E-state index contributed by atoms with van der Waals surface area (Å²) in [5.41, 5.74) is 0.688. The number of anilines is 1. The predicted octanol–water partition coefficient (Wildman–Crippen LogP) is 5.12. The van der Waals surface area contributed by atoms with Gasteiger partial charge in [0.15, 0.2) is 0 Å². The number of alkyl halides is 3. The van der Waals surface area contributed by atoms with E-state index in [1.54, 1.807) is 22.8 Å². The van der Waals surface area contributed by atoms with Crippen LogP contribution in [-0.2, 0) is 30.4 Å². The molecule has 0 fully saturated rings. The van der Waals surface area contributed by atoms with E-state index >= 15 is 0 Å². The van der Waals surface area contributed by atoms with Crippen LogP contribution in [0.15, 0.2) is 71.5 Å². The molecule has 1 atom stereocenters. The van der Waals surface area contributed by atoms with Gasteiger partial charge in [0.2, 0.25) is 0 Å². The van der Waals surface area contributed by atoms with Crippen LogP contribution in [0.4, 0.5) is 23.4 Å². The van der Waals surface area contributed by atoms with Gasteiger partial charge in [0.1, 0.15) is 17.4 Å². The van der Waals surface area contributed by atoms with E-state index in [2.05, 4.69) is 10.3 Å². The van der Waals surface area contributed by atoms with Crippen LogP contribution in [0.3, 0.4) is 0 Å². The molecule has 0 amide bonds. The maximum absolute atomic E-state index is 14.0. The second-order valence-corrected chi connectivity index (χ2v) is 8.89. The third-order valence-electron chi connectivity index (χ3n) is 6.41. The van der Waals surface area contributed by atoms with Gasteiger partial charge in [-0.25, -0.2) is 9.18 Å². The first-order chi connectivity index (χ1) is 17.2. The number of fused-ring (bicyclic) bond motifs is 3. The molecule has 5 rings (SSSR count). The predicted molar refractivity (Wildman–Crippen MR) is 127 cm³/mol. The minimum absolute atomic E-state index is 0.00196. The van der Waals surface area contributed by atoms with Crippen molar-refractivity contribution in [2.75, 3.05) is 11.9 Å². The molecule has 0 saturated heterocycles. The number of para-hydroxylation sites is 1. The Morgan fingerprint density at radius 2 is 1.78 bits per heavy atom. The van der Waals surface area contributed by atoms with Gasteiger partial charge in [-0.1, -0.05) is 36.4 Å². The summed E-state index contributed by atoms with van der Waals surface area (Å²) in [4.78, 5) is 29.2. The molecule has 1 aliphatic rings. The van der Waals surface area contributed by atoms with Crippen molar-refractivity contribution in [3.05, 3.63) is 105 Å². The van der Waals surface area contributed by atoms with Gasteiger partial charge in [-0.2, -0.15) is 18.2 Å². The van der Waals surface area contributed by atoms with Gasteiger partial charge in [0, 0.05) is 37.2 Å². The van der Waals surface area contributed by atoms with Crippen molar-refractivity contribution in [1.29, 1.82) is 0 Å². The van der Waals surface area contributed by atoms with Crippen molar-refractivity contribution >= 4 is 22.5 Å². The molecule has 2 heterocycles. The zero-order chi connectivity index (χ0) is 25.4. The number of carbonyl (C=O) groups is 1. The first-order valence-corrected chi connectivity index (χ1v) is 11.4. The molecule has 1 N–H and O–H groups in total. The molecule has 5 nitrogen and oxygen atoms in total. The zero-order valence-corrected chi connectivity index (χ0v) is 19.0. The molecule has 0 aliphatic carbocycles. The SMILES string of the molecule is O=C(Cc1ccc(C2CNc3c4ccccc4nc(=O)n3C2)cc1)Cc1cc(C(F)(F)F)ccc1F. The summed E-state index contributed by atoms with van der Waals surface area (Å²) < 4.78 is 54.3. The van der Waals surface area contributed by atoms with Crippen molar-refractivity contribution < 1.29 is 22.4 Å². The highest BCUT2D eigenvalue weighted by molar-refractivity contribution is 5.89. The molecular formula is C27H21F4N3O2. The maximum atomic E-state index is 14.0. The van der Waals surface area contributed by atoms with E-state index in [4.69, 9.17) is 0 Å². The van der Waals surface area contributed by atoms with Crippen molar-refractivity contribution in [2.24, 2.45) is 0 Å². The number of benzene rings is 3. The van der Waals surface area contributed by atoms with Crippen molar-refractivity contribution in [2.45, 2.75) is 31.5 Å². The molecule has 0 radical (unpaired) electrons. The second kappa shape index (κ2) is 9.22. The van der Waals surface area contributed by atoms with Gasteiger partial charge in [0.25, 0.3) is 0 Å². The summed E-state index contributed by atoms with van der Waals surface area (Å²) >= 11 is 0. The fourth-order valence-electron chi connectivity index (χ4n) is 4.56. The number of Topliss-reactive ketones (excluding diaryl/α,β-unsaturated/α-hetero) is 1. The number of nitrogens with zero attached hydrogens (tertiary/aromatic N) is 2. The Morgan fingerprint density at radius 3 is 2.53 bits per heavy atom. The lowest BCUT2D eigenvalue weighted by atomic mass is 9.94. The minimum Gasteiger partial charge on any atom is -0.370 e. The van der Waals surface area contributed by atoms with Crippen molar-refractivity contribution in [1.82, 2.24) is 9.55 Å². The van der Waals surface area contributed by atoms with E-state index in [0.717, 1.165) is 22.8 Å². The number of ketones is 1. The summed E-state index contributed by atoms with van der Waals surface area (Å²) in [6.45, 7) is 1.06. The number of rotatable bonds is 5. The van der Waals surface area contributed by atoms with Gasteiger partial charge < -0.3 is 5.32 Å². The normalized spacial score (nSPS) is 15.4. The third kappa shape index (κ3) is 4.73. The number of halogens is 4. The van der Waals surface area contributed by atoms with Crippen LogP contribution >= 0.6 is 0 Å². The van der Waals surface area contributed by atoms with E-state index in [9.17, 15) is 27.2 Å². The fourth-order valence-corrected chi connectivity index (χ4v) is 4.56. The van der Waals surface area contributed by atoms with Crippen molar-refractivity contribution in [3.63, 3.8) is 0 Å². The summed E-state index contributed by atoms with van der Waals surface area (Å²) in [6.07, 6.45) is -5.06. The summed E-state index contributed by atoms with van der Waals surface area (Å²) in [5, 5.41) is 4.22. The molecule has 0 bridgehead atoms. The third-order valence-corrected chi connectivity index (χ3v) is 6.41. The largest absolute Gasteiger partial charge is 0.416 e. The van der Waals surface area contributed by atoms with Gasteiger partial charge in [-0.3, -0.25) is 9.36 Å². The Hall–Kier alpha value is -4.01. The summed E-state index contributed by atoms with van der Waals surface area (Å²) in [5.74, 6) is -0.485. The number of hydrogen-bond acceptors (Lipinski definition) is 4. The van der Waals surface area contributed by atoms with E-state index < -0.39 is 29.8 Å². The number of hydrogen-bond donors (Lipinski definition) is 1. The van der Waals surface area contributed by atoms with Crippen LogP contribution in [0.5, 0.6) is 0 Å². The fraction of sp³-hybridized carbons (Fsp3) is 0.222. The van der Waals surface area contributed by atoms with Gasteiger partial charge >= 0.3 is 11.9 Å². The van der Waals surface area contributed by atoms with Gasteiger partial charge in [0.05, 0.1) is 11.1 Å². The molecule has 3 aromatic carbocycles. The van der Waals surface area contributed by atoms with E-state index in [1.807, 2.05) is 30.3 Å². The molecular weight excluding hydrogens is 474 g/mol. The minimum atomic E-state index is -4.61. The molecule has 1 aliphatic heterocycles. The van der Waals surface area contributed by atoms with Crippen LogP contribution in [0.1, 0.15) is 28.2 Å². The van der Waals surface area contributed by atoms with Crippen LogP contribution in [-0.4, -0.2) is 21.9 Å². The molecule has 184 valence electrons. The standard InChI is InChI=1S/C27H21F4N3O2/c28-23-10-9-20(27(29,30)31)12-18(23)13-21(35)11-16-5-7-17(8-6-16)19-14-32-25-22-3-1-2-4-24(22)33-26(36)34(25)15-19/h1-10,12,19,32H,11,13-15H2. The summed E-state index contributed by atoms with van der Waals surface area (Å²) in [7, 11) is 0.